The molecule has 2 rings (SSSR count). The van der Waals surface area contributed by atoms with Crippen molar-refractivity contribution in [2.75, 3.05) is 13.1 Å². The minimum atomic E-state index is -0.163. The first kappa shape index (κ1) is 13.5. The van der Waals surface area contributed by atoms with Gasteiger partial charge in [-0.2, -0.15) is 0 Å². The number of piperidine rings is 1. The largest absolute Gasteiger partial charge is 0.392 e. The van der Waals surface area contributed by atoms with Crippen LogP contribution in [0.1, 0.15) is 56.8 Å². The molecule has 1 fully saturated rings. The molecule has 18 heavy (non-hydrogen) atoms. The van der Waals surface area contributed by atoms with Gasteiger partial charge < -0.3 is 5.11 Å². The van der Waals surface area contributed by atoms with E-state index >= 15 is 0 Å². The molecule has 3 heteroatoms. The number of hydrogen-bond donors (Lipinski definition) is 1. The summed E-state index contributed by atoms with van der Waals surface area (Å²) in [5.41, 5.74) is 2.39. The molecule has 0 spiro atoms. The molecular weight excluding hydrogens is 224 g/mol. The Morgan fingerprint density at radius 1 is 1.33 bits per heavy atom. The molecule has 0 radical (unpaired) electrons. The highest BCUT2D eigenvalue weighted by atomic mass is 16.3. The molecule has 1 N–H and O–H groups in total. The van der Waals surface area contributed by atoms with Gasteiger partial charge in [-0.25, -0.2) is 0 Å². The molecule has 1 aliphatic heterocycles. The van der Waals surface area contributed by atoms with E-state index in [1.54, 1.807) is 0 Å². The molecule has 0 aliphatic carbocycles. The lowest BCUT2D eigenvalue weighted by molar-refractivity contribution is 0.0503. The fraction of sp³-hybridized carbons (Fsp3) is 0.667. The highest BCUT2D eigenvalue weighted by Crippen LogP contribution is 2.24. The van der Waals surface area contributed by atoms with E-state index < -0.39 is 0 Å². The summed E-state index contributed by atoms with van der Waals surface area (Å²) in [6, 6.07) is 4.64. The summed E-state index contributed by atoms with van der Waals surface area (Å²) in [7, 11) is 0. The zero-order valence-electron chi connectivity index (χ0n) is 11.6. The summed E-state index contributed by atoms with van der Waals surface area (Å²) in [6.45, 7) is 8.38. The van der Waals surface area contributed by atoms with Crippen molar-refractivity contribution >= 4 is 0 Å². The Morgan fingerprint density at radius 2 is 2.11 bits per heavy atom. The summed E-state index contributed by atoms with van der Waals surface area (Å²) in [6.07, 6.45) is 3.85. The van der Waals surface area contributed by atoms with E-state index in [4.69, 9.17) is 0 Å². The summed E-state index contributed by atoms with van der Waals surface area (Å²) in [5, 5.41) is 9.73. The maximum Gasteiger partial charge on any atom is 0.0667 e. The fourth-order valence-electron chi connectivity index (χ4n) is 2.55. The Kier molecular flexibility index (Phi) is 4.36. The number of aliphatic hydroxyl groups is 1. The predicted molar refractivity (Wildman–Crippen MR) is 73.6 cm³/mol. The van der Waals surface area contributed by atoms with Gasteiger partial charge in [0.25, 0.3) is 0 Å². The monoisotopic (exact) mass is 248 g/mol. The summed E-state index contributed by atoms with van der Waals surface area (Å²) in [4.78, 5) is 6.87. The molecule has 3 nitrogen and oxygen atoms in total. The zero-order valence-corrected chi connectivity index (χ0v) is 11.6. The normalized spacial score (nSPS) is 23.3. The molecule has 0 bridgehead atoms. The second-order valence-corrected chi connectivity index (χ2v) is 5.64. The van der Waals surface area contributed by atoms with Crippen LogP contribution >= 0.6 is 0 Å². The Labute approximate surface area is 110 Å². The first-order valence-electron chi connectivity index (χ1n) is 6.96. The molecule has 0 unspecified atom stereocenters. The number of β-amino-alcohol motifs (C(OH)–C–C–N with tert-alkyl or cyclic N) is 1. The third kappa shape index (κ3) is 3.09. The fourth-order valence-corrected chi connectivity index (χ4v) is 2.55. The second kappa shape index (κ2) is 5.81. The van der Waals surface area contributed by atoms with Crippen LogP contribution in [0.3, 0.4) is 0 Å². The molecule has 2 atom stereocenters. The summed E-state index contributed by atoms with van der Waals surface area (Å²) < 4.78 is 0. The van der Waals surface area contributed by atoms with Crippen LogP contribution < -0.4 is 0 Å². The molecule has 1 saturated heterocycles. The van der Waals surface area contributed by atoms with E-state index in [1.807, 2.05) is 6.20 Å². The number of likely N-dealkylation sites (tertiary alicyclic amines) is 1. The van der Waals surface area contributed by atoms with Gasteiger partial charge in [-0.1, -0.05) is 19.9 Å². The highest BCUT2D eigenvalue weighted by molar-refractivity contribution is 5.19. The number of pyridine rings is 1. The maximum atomic E-state index is 9.73. The molecule has 1 aromatic heterocycles. The molecule has 0 amide bonds. The topological polar surface area (TPSA) is 36.4 Å². The SMILES string of the molecule is CC(C)c1ccc([C@@H](C)N2CCC[C@@H](O)C2)cn1. The van der Waals surface area contributed by atoms with E-state index in [9.17, 15) is 5.11 Å². The minimum Gasteiger partial charge on any atom is -0.392 e. The van der Waals surface area contributed by atoms with Crippen LogP contribution in [-0.4, -0.2) is 34.2 Å². The second-order valence-electron chi connectivity index (χ2n) is 5.64. The Morgan fingerprint density at radius 3 is 2.67 bits per heavy atom. The molecule has 2 heterocycles. The summed E-state index contributed by atoms with van der Waals surface area (Å²) in [5.74, 6) is 0.478. The van der Waals surface area contributed by atoms with E-state index in [-0.39, 0.29) is 6.10 Å². The van der Waals surface area contributed by atoms with Crippen molar-refractivity contribution in [1.29, 1.82) is 0 Å². The number of nitrogens with zero attached hydrogens (tertiary/aromatic N) is 2. The van der Waals surface area contributed by atoms with Gasteiger partial charge in [0.2, 0.25) is 0 Å². The van der Waals surface area contributed by atoms with Crippen molar-refractivity contribution in [3.8, 4) is 0 Å². The van der Waals surface area contributed by atoms with E-state index in [2.05, 4.69) is 42.8 Å². The van der Waals surface area contributed by atoms with Crippen LogP contribution in [0.4, 0.5) is 0 Å². The van der Waals surface area contributed by atoms with Crippen LogP contribution in [0.5, 0.6) is 0 Å². The number of rotatable bonds is 3. The van der Waals surface area contributed by atoms with Crippen LogP contribution in [-0.2, 0) is 0 Å². The van der Waals surface area contributed by atoms with Gasteiger partial charge >= 0.3 is 0 Å². The van der Waals surface area contributed by atoms with Crippen LogP contribution in [0.25, 0.3) is 0 Å². The van der Waals surface area contributed by atoms with Gasteiger partial charge in [0.05, 0.1) is 6.10 Å². The van der Waals surface area contributed by atoms with Gasteiger partial charge in [0, 0.05) is 24.5 Å². The third-order valence-electron chi connectivity index (χ3n) is 3.86. The molecular formula is C15H24N2O. The van der Waals surface area contributed by atoms with Gasteiger partial charge in [-0.3, -0.25) is 9.88 Å². The average Bonchev–Trinajstić information content (AvgIpc) is 2.38. The molecule has 0 aromatic carbocycles. The average molecular weight is 248 g/mol. The first-order valence-corrected chi connectivity index (χ1v) is 6.96. The van der Waals surface area contributed by atoms with Gasteiger partial charge in [0.1, 0.15) is 0 Å². The van der Waals surface area contributed by atoms with Gasteiger partial charge in [-0.05, 0) is 43.9 Å². The minimum absolute atomic E-state index is 0.163. The van der Waals surface area contributed by atoms with Crippen LogP contribution in [0.2, 0.25) is 0 Å². The molecule has 1 aromatic rings. The number of aliphatic hydroxyl groups excluding tert-OH is 1. The smallest absolute Gasteiger partial charge is 0.0667 e. The lowest BCUT2D eigenvalue weighted by Gasteiger charge is -2.35. The zero-order chi connectivity index (χ0) is 13.1. The van der Waals surface area contributed by atoms with Crippen LogP contribution in [0, 0.1) is 0 Å². The maximum absolute atomic E-state index is 9.73. The van der Waals surface area contributed by atoms with Crippen LogP contribution in [0.15, 0.2) is 18.3 Å². The number of aromatic nitrogens is 1. The Balaban J connectivity index is 2.05. The van der Waals surface area contributed by atoms with Crippen molar-refractivity contribution in [3.63, 3.8) is 0 Å². The first-order chi connectivity index (χ1) is 8.58. The highest BCUT2D eigenvalue weighted by Gasteiger charge is 2.23. The molecule has 100 valence electrons. The van der Waals surface area contributed by atoms with Crippen molar-refractivity contribution < 1.29 is 5.11 Å². The van der Waals surface area contributed by atoms with Crippen molar-refractivity contribution in [1.82, 2.24) is 9.88 Å². The lowest BCUT2D eigenvalue weighted by Crippen LogP contribution is -2.39. The number of hydrogen-bond acceptors (Lipinski definition) is 3. The summed E-state index contributed by atoms with van der Waals surface area (Å²) >= 11 is 0. The molecule has 1 aliphatic rings. The Hall–Kier alpha value is -0.930. The van der Waals surface area contributed by atoms with Crippen molar-refractivity contribution in [3.05, 3.63) is 29.6 Å². The predicted octanol–water partition coefficient (Wildman–Crippen LogP) is 2.72. The van der Waals surface area contributed by atoms with Crippen molar-refractivity contribution in [2.45, 2.75) is 51.7 Å². The van der Waals surface area contributed by atoms with Gasteiger partial charge in [0.15, 0.2) is 0 Å². The van der Waals surface area contributed by atoms with E-state index in [0.29, 0.717) is 12.0 Å². The van der Waals surface area contributed by atoms with E-state index in [0.717, 1.165) is 31.6 Å². The molecule has 0 saturated carbocycles. The third-order valence-corrected chi connectivity index (χ3v) is 3.86. The quantitative estimate of drug-likeness (QED) is 0.893. The van der Waals surface area contributed by atoms with E-state index in [1.165, 1.54) is 5.56 Å². The lowest BCUT2D eigenvalue weighted by atomic mass is 10.0. The van der Waals surface area contributed by atoms with Gasteiger partial charge in [-0.15, -0.1) is 0 Å². The standard InChI is InChI=1S/C15H24N2O/c1-11(2)15-7-6-13(9-16-15)12(3)17-8-4-5-14(18)10-17/h6-7,9,11-12,14,18H,4-5,8,10H2,1-3H3/t12-,14-/m1/s1. The Bertz CT molecular complexity index is 375. The van der Waals surface area contributed by atoms with Crippen molar-refractivity contribution in [2.24, 2.45) is 0 Å².